The lowest BCUT2D eigenvalue weighted by atomic mass is 9.81. The minimum absolute atomic E-state index is 0.191. The molecule has 1 unspecified atom stereocenters. The van der Waals surface area contributed by atoms with E-state index in [1.807, 2.05) is 0 Å². The summed E-state index contributed by atoms with van der Waals surface area (Å²) >= 11 is 0. The zero-order valence-electron chi connectivity index (χ0n) is 12.7. The molecule has 0 bridgehead atoms. The second-order valence-corrected chi connectivity index (χ2v) is 6.32. The third-order valence-corrected chi connectivity index (χ3v) is 5.00. The lowest BCUT2D eigenvalue weighted by Gasteiger charge is -2.28. The maximum absolute atomic E-state index is 6.65. The Hall–Kier alpha value is -1.28. The highest BCUT2D eigenvalue weighted by Gasteiger charge is 2.25. The first-order valence-electron chi connectivity index (χ1n) is 8.07. The summed E-state index contributed by atoms with van der Waals surface area (Å²) in [6, 6.07) is 6.94. The van der Waals surface area contributed by atoms with E-state index < -0.39 is 0 Å². The van der Waals surface area contributed by atoms with Crippen molar-refractivity contribution in [2.75, 3.05) is 0 Å². The van der Waals surface area contributed by atoms with Crippen LogP contribution >= 0.6 is 0 Å². The highest BCUT2D eigenvalue weighted by atomic mass is 14.8. The van der Waals surface area contributed by atoms with Gasteiger partial charge in [0.1, 0.15) is 0 Å². The molecule has 3 N–H and O–H groups in total. The van der Waals surface area contributed by atoms with Gasteiger partial charge in [-0.15, -0.1) is 0 Å². The molecule has 0 saturated heterocycles. The standard InChI is InChI=1S/C18H26N2/c1-3-13-9-10-16-15(11-13)17(12(2)20-16)18(19)14-7-5-4-6-8-14/h9-11,14,18,20H,3-8,19H2,1-2H3. The molecule has 1 aliphatic rings. The zero-order valence-corrected chi connectivity index (χ0v) is 12.7. The number of nitrogens with two attached hydrogens (primary N) is 1. The summed E-state index contributed by atoms with van der Waals surface area (Å²) in [6.45, 7) is 4.38. The van der Waals surface area contributed by atoms with Crippen LogP contribution in [0.5, 0.6) is 0 Å². The number of hydrogen-bond acceptors (Lipinski definition) is 1. The van der Waals surface area contributed by atoms with E-state index in [2.05, 4.69) is 37.0 Å². The van der Waals surface area contributed by atoms with Crippen LogP contribution in [0.2, 0.25) is 0 Å². The Morgan fingerprint density at radius 1 is 1.25 bits per heavy atom. The van der Waals surface area contributed by atoms with E-state index in [0.29, 0.717) is 5.92 Å². The summed E-state index contributed by atoms with van der Waals surface area (Å²) < 4.78 is 0. The van der Waals surface area contributed by atoms with E-state index in [4.69, 9.17) is 5.73 Å². The van der Waals surface area contributed by atoms with Crippen LogP contribution in [0.1, 0.15) is 61.9 Å². The van der Waals surface area contributed by atoms with Crippen molar-refractivity contribution in [2.24, 2.45) is 11.7 Å². The fourth-order valence-corrected chi connectivity index (χ4v) is 3.77. The second-order valence-electron chi connectivity index (χ2n) is 6.32. The Morgan fingerprint density at radius 2 is 2.00 bits per heavy atom. The van der Waals surface area contributed by atoms with Crippen LogP contribution in [0.4, 0.5) is 0 Å². The van der Waals surface area contributed by atoms with Crippen LogP contribution in [-0.2, 0) is 6.42 Å². The highest BCUT2D eigenvalue weighted by molar-refractivity contribution is 5.85. The number of aromatic amines is 1. The van der Waals surface area contributed by atoms with Crippen LogP contribution in [0, 0.1) is 12.8 Å². The van der Waals surface area contributed by atoms with Crippen LogP contribution < -0.4 is 5.73 Å². The summed E-state index contributed by atoms with van der Waals surface area (Å²) in [5, 5.41) is 1.35. The third kappa shape index (κ3) is 2.37. The van der Waals surface area contributed by atoms with Gasteiger partial charge in [0.05, 0.1) is 0 Å². The first-order chi connectivity index (χ1) is 9.70. The summed E-state index contributed by atoms with van der Waals surface area (Å²) in [5.74, 6) is 0.659. The van der Waals surface area contributed by atoms with Gasteiger partial charge in [0, 0.05) is 22.6 Å². The normalized spacial score (nSPS) is 18.6. The smallest absolute Gasteiger partial charge is 0.0459 e. The van der Waals surface area contributed by atoms with Crippen LogP contribution in [0.25, 0.3) is 10.9 Å². The van der Waals surface area contributed by atoms with Crippen molar-refractivity contribution >= 4 is 10.9 Å². The number of aryl methyl sites for hydroxylation is 2. The Morgan fingerprint density at radius 3 is 2.70 bits per heavy atom. The van der Waals surface area contributed by atoms with E-state index in [1.54, 1.807) is 0 Å². The second kappa shape index (κ2) is 5.61. The minimum atomic E-state index is 0.191. The molecule has 3 rings (SSSR count). The molecule has 1 aliphatic carbocycles. The molecule has 1 aromatic heterocycles. The SMILES string of the molecule is CCc1ccc2[nH]c(C)c(C(N)C3CCCCC3)c2c1. The molecule has 1 atom stereocenters. The van der Waals surface area contributed by atoms with Gasteiger partial charge in [0.25, 0.3) is 0 Å². The molecule has 1 fully saturated rings. The van der Waals surface area contributed by atoms with Gasteiger partial charge in [0.15, 0.2) is 0 Å². The number of benzene rings is 1. The minimum Gasteiger partial charge on any atom is -0.358 e. The van der Waals surface area contributed by atoms with Gasteiger partial charge >= 0.3 is 0 Å². The topological polar surface area (TPSA) is 41.8 Å². The quantitative estimate of drug-likeness (QED) is 0.839. The lowest BCUT2D eigenvalue weighted by Crippen LogP contribution is -2.24. The molecule has 108 valence electrons. The van der Waals surface area contributed by atoms with Crippen molar-refractivity contribution in [3.63, 3.8) is 0 Å². The fraction of sp³-hybridized carbons (Fsp3) is 0.556. The summed E-state index contributed by atoms with van der Waals surface area (Å²) in [7, 11) is 0. The Balaban J connectivity index is 2.02. The molecule has 0 radical (unpaired) electrons. The van der Waals surface area contributed by atoms with E-state index in [9.17, 15) is 0 Å². The molecule has 1 aromatic carbocycles. The third-order valence-electron chi connectivity index (χ3n) is 5.00. The van der Waals surface area contributed by atoms with Gasteiger partial charge in [-0.25, -0.2) is 0 Å². The average Bonchev–Trinajstić information content (AvgIpc) is 2.82. The van der Waals surface area contributed by atoms with E-state index in [-0.39, 0.29) is 6.04 Å². The average molecular weight is 270 g/mol. The van der Waals surface area contributed by atoms with Crippen LogP contribution in [0.3, 0.4) is 0 Å². The molecule has 0 aliphatic heterocycles. The molecule has 20 heavy (non-hydrogen) atoms. The van der Waals surface area contributed by atoms with E-state index >= 15 is 0 Å². The van der Waals surface area contributed by atoms with E-state index in [0.717, 1.165) is 6.42 Å². The largest absolute Gasteiger partial charge is 0.358 e. The zero-order chi connectivity index (χ0) is 14.1. The molecule has 0 spiro atoms. The molecule has 0 amide bonds. The Labute approximate surface area is 121 Å². The molecule has 2 heteroatoms. The van der Waals surface area contributed by atoms with Gasteiger partial charge in [-0.3, -0.25) is 0 Å². The Bertz CT molecular complexity index is 591. The summed E-state index contributed by atoms with van der Waals surface area (Å²) in [4.78, 5) is 3.52. The molecule has 2 nitrogen and oxygen atoms in total. The van der Waals surface area contributed by atoms with E-state index in [1.165, 1.54) is 59.8 Å². The number of fused-ring (bicyclic) bond motifs is 1. The van der Waals surface area contributed by atoms with Crippen LogP contribution in [-0.4, -0.2) is 4.98 Å². The van der Waals surface area contributed by atoms with Crippen molar-refractivity contribution < 1.29 is 0 Å². The molecule has 1 saturated carbocycles. The molecule has 1 heterocycles. The molecular formula is C18H26N2. The highest BCUT2D eigenvalue weighted by Crippen LogP contribution is 2.37. The lowest BCUT2D eigenvalue weighted by molar-refractivity contribution is 0.308. The monoisotopic (exact) mass is 270 g/mol. The predicted molar refractivity (Wildman–Crippen MR) is 85.9 cm³/mol. The predicted octanol–water partition coefficient (Wildman–Crippen LogP) is 4.62. The van der Waals surface area contributed by atoms with Gasteiger partial charge < -0.3 is 10.7 Å². The van der Waals surface area contributed by atoms with Crippen molar-refractivity contribution in [2.45, 2.75) is 58.4 Å². The van der Waals surface area contributed by atoms with Crippen LogP contribution in [0.15, 0.2) is 18.2 Å². The molecule has 2 aromatic rings. The van der Waals surface area contributed by atoms with Gasteiger partial charge in [-0.2, -0.15) is 0 Å². The van der Waals surface area contributed by atoms with Gasteiger partial charge in [0.2, 0.25) is 0 Å². The number of H-pyrrole nitrogens is 1. The number of nitrogens with one attached hydrogen (secondary N) is 1. The number of hydrogen-bond donors (Lipinski definition) is 2. The Kier molecular flexibility index (Phi) is 3.84. The summed E-state index contributed by atoms with van der Waals surface area (Å²) in [5.41, 5.74) is 11.9. The van der Waals surface area contributed by atoms with Gasteiger partial charge in [-0.1, -0.05) is 32.3 Å². The molecular weight excluding hydrogens is 244 g/mol. The van der Waals surface area contributed by atoms with Crippen molar-refractivity contribution in [1.82, 2.24) is 4.98 Å². The summed E-state index contributed by atoms with van der Waals surface area (Å²) in [6.07, 6.45) is 7.75. The van der Waals surface area contributed by atoms with Crippen molar-refractivity contribution in [3.8, 4) is 0 Å². The number of aromatic nitrogens is 1. The maximum atomic E-state index is 6.65. The van der Waals surface area contributed by atoms with Crippen molar-refractivity contribution in [1.29, 1.82) is 0 Å². The maximum Gasteiger partial charge on any atom is 0.0459 e. The first-order valence-corrected chi connectivity index (χ1v) is 8.07. The fourth-order valence-electron chi connectivity index (χ4n) is 3.77. The number of rotatable bonds is 3. The van der Waals surface area contributed by atoms with Crippen molar-refractivity contribution in [3.05, 3.63) is 35.0 Å². The first kappa shape index (κ1) is 13.7. The van der Waals surface area contributed by atoms with Gasteiger partial charge in [-0.05, 0) is 55.4 Å².